The standard InChI is InChI=1S/C16H21NO3S/c1-18-14-9-16(20-3)15(19-2)8-13(14)10-17-6-4-12-5-7-21-11-12/h5,7-9,11,17H,4,6,10H2,1-3H3. The first kappa shape index (κ1) is 15.7. The number of benzene rings is 1. The zero-order valence-corrected chi connectivity index (χ0v) is 13.5. The van der Waals surface area contributed by atoms with Gasteiger partial charge < -0.3 is 19.5 Å². The third kappa shape index (κ3) is 4.12. The number of nitrogens with one attached hydrogen (secondary N) is 1. The van der Waals surface area contributed by atoms with Crippen LogP contribution >= 0.6 is 11.3 Å². The fraction of sp³-hybridized carbons (Fsp3) is 0.375. The molecular weight excluding hydrogens is 286 g/mol. The van der Waals surface area contributed by atoms with Crippen molar-refractivity contribution in [1.82, 2.24) is 5.32 Å². The summed E-state index contributed by atoms with van der Waals surface area (Å²) in [6.45, 7) is 1.65. The molecule has 0 saturated carbocycles. The molecule has 1 aromatic carbocycles. The fourth-order valence-corrected chi connectivity index (χ4v) is 2.82. The Bertz CT molecular complexity index is 555. The van der Waals surface area contributed by atoms with E-state index in [1.54, 1.807) is 32.7 Å². The number of hydrogen-bond donors (Lipinski definition) is 1. The molecule has 0 fully saturated rings. The Hall–Kier alpha value is -1.72. The first-order valence-corrected chi connectivity index (χ1v) is 7.73. The summed E-state index contributed by atoms with van der Waals surface area (Å²) in [5, 5.41) is 7.71. The van der Waals surface area contributed by atoms with Gasteiger partial charge in [-0.3, -0.25) is 0 Å². The van der Waals surface area contributed by atoms with E-state index in [2.05, 4.69) is 22.1 Å². The van der Waals surface area contributed by atoms with Crippen molar-refractivity contribution in [2.45, 2.75) is 13.0 Å². The Morgan fingerprint density at radius 3 is 2.33 bits per heavy atom. The maximum Gasteiger partial charge on any atom is 0.164 e. The second kappa shape index (κ2) is 7.90. The number of hydrogen-bond acceptors (Lipinski definition) is 5. The first-order chi connectivity index (χ1) is 10.3. The molecule has 0 aliphatic rings. The zero-order valence-electron chi connectivity index (χ0n) is 12.6. The van der Waals surface area contributed by atoms with E-state index in [1.165, 1.54) is 5.56 Å². The quantitative estimate of drug-likeness (QED) is 0.761. The average Bonchev–Trinajstić information content (AvgIpc) is 3.04. The predicted octanol–water partition coefficient (Wildman–Crippen LogP) is 3.11. The lowest BCUT2D eigenvalue weighted by molar-refractivity contribution is 0.347. The summed E-state index contributed by atoms with van der Waals surface area (Å²) in [7, 11) is 4.92. The normalized spacial score (nSPS) is 10.4. The summed E-state index contributed by atoms with van der Waals surface area (Å²) < 4.78 is 16.0. The van der Waals surface area contributed by atoms with Gasteiger partial charge in [-0.25, -0.2) is 0 Å². The molecule has 0 aliphatic carbocycles. The van der Waals surface area contributed by atoms with E-state index in [9.17, 15) is 0 Å². The highest BCUT2D eigenvalue weighted by Crippen LogP contribution is 2.34. The van der Waals surface area contributed by atoms with Gasteiger partial charge in [0.25, 0.3) is 0 Å². The summed E-state index contributed by atoms with van der Waals surface area (Å²) in [5.74, 6) is 2.19. The van der Waals surface area contributed by atoms with Gasteiger partial charge in [0.05, 0.1) is 21.3 Å². The SMILES string of the molecule is COc1cc(OC)c(OC)cc1CNCCc1ccsc1. The molecule has 1 heterocycles. The lowest BCUT2D eigenvalue weighted by atomic mass is 10.1. The van der Waals surface area contributed by atoms with Crippen LogP contribution < -0.4 is 19.5 Å². The Morgan fingerprint density at radius 1 is 1.00 bits per heavy atom. The molecule has 4 nitrogen and oxygen atoms in total. The fourth-order valence-electron chi connectivity index (χ4n) is 2.12. The van der Waals surface area contributed by atoms with Gasteiger partial charge in [-0.2, -0.15) is 11.3 Å². The average molecular weight is 307 g/mol. The van der Waals surface area contributed by atoms with Crippen LogP contribution in [0, 0.1) is 0 Å². The van der Waals surface area contributed by atoms with Crippen LogP contribution in [0.4, 0.5) is 0 Å². The third-order valence-electron chi connectivity index (χ3n) is 3.27. The molecule has 0 amide bonds. The van der Waals surface area contributed by atoms with E-state index in [0.29, 0.717) is 11.5 Å². The molecule has 0 saturated heterocycles. The van der Waals surface area contributed by atoms with E-state index < -0.39 is 0 Å². The van der Waals surface area contributed by atoms with Gasteiger partial charge in [0.15, 0.2) is 11.5 Å². The van der Waals surface area contributed by atoms with Crippen molar-refractivity contribution in [3.8, 4) is 17.2 Å². The van der Waals surface area contributed by atoms with Crippen LogP contribution in [0.1, 0.15) is 11.1 Å². The maximum absolute atomic E-state index is 5.42. The second-order valence-corrected chi connectivity index (χ2v) is 5.36. The highest BCUT2D eigenvalue weighted by molar-refractivity contribution is 7.07. The minimum Gasteiger partial charge on any atom is -0.496 e. The van der Waals surface area contributed by atoms with Crippen LogP contribution in [0.15, 0.2) is 29.0 Å². The highest BCUT2D eigenvalue weighted by Gasteiger charge is 2.11. The first-order valence-electron chi connectivity index (χ1n) is 6.79. The van der Waals surface area contributed by atoms with Crippen LogP contribution in [0.5, 0.6) is 17.2 Å². The van der Waals surface area contributed by atoms with Crippen LogP contribution in [-0.2, 0) is 13.0 Å². The van der Waals surface area contributed by atoms with E-state index in [0.717, 1.165) is 30.8 Å². The minimum absolute atomic E-state index is 0.677. The summed E-state index contributed by atoms with van der Waals surface area (Å²) in [5.41, 5.74) is 2.42. The van der Waals surface area contributed by atoms with Crippen molar-refractivity contribution in [1.29, 1.82) is 0 Å². The van der Waals surface area contributed by atoms with E-state index in [-0.39, 0.29) is 0 Å². The number of rotatable bonds is 8. The monoisotopic (exact) mass is 307 g/mol. The summed E-state index contributed by atoms with van der Waals surface area (Å²) in [6.07, 6.45) is 1.03. The molecule has 2 aromatic rings. The van der Waals surface area contributed by atoms with Gasteiger partial charge >= 0.3 is 0 Å². The van der Waals surface area contributed by atoms with Gasteiger partial charge in [-0.15, -0.1) is 0 Å². The Balaban J connectivity index is 1.97. The summed E-state index contributed by atoms with van der Waals surface area (Å²) in [4.78, 5) is 0. The molecule has 1 aromatic heterocycles. The van der Waals surface area contributed by atoms with Crippen LogP contribution in [0.2, 0.25) is 0 Å². The van der Waals surface area contributed by atoms with Crippen molar-refractivity contribution in [2.75, 3.05) is 27.9 Å². The van der Waals surface area contributed by atoms with Gasteiger partial charge in [0, 0.05) is 18.2 Å². The molecule has 0 aliphatic heterocycles. The smallest absolute Gasteiger partial charge is 0.164 e. The highest BCUT2D eigenvalue weighted by atomic mass is 32.1. The summed E-state index contributed by atoms with van der Waals surface area (Å²) >= 11 is 1.73. The molecule has 5 heteroatoms. The Morgan fingerprint density at radius 2 is 1.71 bits per heavy atom. The Kier molecular flexibility index (Phi) is 5.90. The molecule has 0 atom stereocenters. The molecule has 0 spiro atoms. The molecular formula is C16H21NO3S. The number of ether oxygens (including phenoxy) is 3. The molecule has 0 unspecified atom stereocenters. The number of methoxy groups -OCH3 is 3. The summed E-state index contributed by atoms with van der Waals surface area (Å²) in [6, 6.07) is 5.97. The van der Waals surface area contributed by atoms with E-state index in [4.69, 9.17) is 14.2 Å². The molecule has 0 radical (unpaired) electrons. The van der Waals surface area contributed by atoms with E-state index in [1.807, 2.05) is 12.1 Å². The zero-order chi connectivity index (χ0) is 15.1. The van der Waals surface area contributed by atoms with E-state index >= 15 is 0 Å². The van der Waals surface area contributed by atoms with Crippen LogP contribution in [0.3, 0.4) is 0 Å². The second-order valence-electron chi connectivity index (χ2n) is 4.58. The van der Waals surface area contributed by atoms with Crippen LogP contribution in [-0.4, -0.2) is 27.9 Å². The van der Waals surface area contributed by atoms with Crippen molar-refractivity contribution in [2.24, 2.45) is 0 Å². The van der Waals surface area contributed by atoms with Crippen molar-refractivity contribution in [3.63, 3.8) is 0 Å². The minimum atomic E-state index is 0.677. The Labute approximate surface area is 129 Å². The van der Waals surface area contributed by atoms with Crippen molar-refractivity contribution >= 4 is 11.3 Å². The predicted molar refractivity (Wildman–Crippen MR) is 85.8 cm³/mol. The molecule has 2 rings (SSSR count). The maximum atomic E-state index is 5.42. The lowest BCUT2D eigenvalue weighted by Gasteiger charge is -2.14. The molecule has 21 heavy (non-hydrogen) atoms. The largest absolute Gasteiger partial charge is 0.496 e. The van der Waals surface area contributed by atoms with Crippen LogP contribution in [0.25, 0.3) is 0 Å². The number of thiophene rings is 1. The lowest BCUT2D eigenvalue weighted by Crippen LogP contribution is -2.17. The van der Waals surface area contributed by atoms with Gasteiger partial charge in [0.1, 0.15) is 5.75 Å². The van der Waals surface area contributed by atoms with Crippen molar-refractivity contribution in [3.05, 3.63) is 40.1 Å². The van der Waals surface area contributed by atoms with Gasteiger partial charge in [-0.05, 0) is 41.4 Å². The van der Waals surface area contributed by atoms with Gasteiger partial charge in [-0.1, -0.05) is 0 Å². The third-order valence-corrected chi connectivity index (χ3v) is 4.00. The topological polar surface area (TPSA) is 39.7 Å². The molecule has 114 valence electrons. The molecule has 0 bridgehead atoms. The van der Waals surface area contributed by atoms with Gasteiger partial charge in [0.2, 0.25) is 0 Å². The van der Waals surface area contributed by atoms with Crippen molar-refractivity contribution < 1.29 is 14.2 Å². The molecule has 1 N–H and O–H groups in total.